The van der Waals surface area contributed by atoms with Crippen LogP contribution in [0.15, 0.2) is 29.4 Å². The van der Waals surface area contributed by atoms with Crippen LogP contribution in [0.1, 0.15) is 31.2 Å². The monoisotopic (exact) mass is 262 g/mol. The van der Waals surface area contributed by atoms with Crippen molar-refractivity contribution in [2.45, 2.75) is 25.7 Å². The fourth-order valence-electron chi connectivity index (χ4n) is 2.95. The quantitative estimate of drug-likeness (QED) is 0.831. The molecule has 1 aromatic carbocycles. The van der Waals surface area contributed by atoms with Gasteiger partial charge in [-0.3, -0.25) is 4.79 Å². The smallest absolute Gasteiger partial charge is 0.243 e. The van der Waals surface area contributed by atoms with Gasteiger partial charge in [0.2, 0.25) is 5.91 Å². The normalized spacial score (nSPS) is 27.2. The number of fused-ring (bicyclic) bond motifs is 1. The van der Waals surface area contributed by atoms with Gasteiger partial charge in [-0.25, -0.2) is 5.43 Å². The molecule has 4 heteroatoms. The fraction of sp³-hybridized carbons (Fsp3) is 0.429. The van der Waals surface area contributed by atoms with Crippen LogP contribution in [0.3, 0.4) is 0 Å². The van der Waals surface area contributed by atoms with Crippen molar-refractivity contribution < 1.29 is 4.79 Å². The lowest BCUT2D eigenvalue weighted by molar-refractivity contribution is -0.127. The molecule has 0 aromatic heterocycles. The Labute approximate surface area is 111 Å². The number of carbonyl (C=O) groups is 1. The van der Waals surface area contributed by atoms with E-state index in [2.05, 4.69) is 10.5 Å². The van der Waals surface area contributed by atoms with Crippen LogP contribution in [0.4, 0.5) is 0 Å². The topological polar surface area (TPSA) is 41.5 Å². The number of hydrogen-bond acceptors (Lipinski definition) is 2. The van der Waals surface area contributed by atoms with Crippen molar-refractivity contribution in [1.82, 2.24) is 5.43 Å². The van der Waals surface area contributed by atoms with Gasteiger partial charge in [0.25, 0.3) is 0 Å². The summed E-state index contributed by atoms with van der Waals surface area (Å²) in [6.45, 7) is 0. The molecule has 1 saturated carbocycles. The highest BCUT2D eigenvalue weighted by Crippen LogP contribution is 2.35. The maximum atomic E-state index is 11.8. The summed E-state index contributed by atoms with van der Waals surface area (Å²) in [4.78, 5) is 11.8. The van der Waals surface area contributed by atoms with E-state index in [1.54, 1.807) is 0 Å². The van der Waals surface area contributed by atoms with Crippen LogP contribution >= 0.6 is 11.6 Å². The van der Waals surface area contributed by atoms with Crippen LogP contribution in [0.2, 0.25) is 5.02 Å². The first-order valence-electron chi connectivity index (χ1n) is 6.39. The average Bonchev–Trinajstić information content (AvgIpc) is 2.41. The molecule has 2 aliphatic rings. The third kappa shape index (κ3) is 2.03. The molecular weight excluding hydrogens is 248 g/mol. The minimum Gasteiger partial charge on any atom is -0.273 e. The molecule has 0 unspecified atom stereocenters. The standard InChI is InChI=1S/C14H15ClN2O/c15-10-7-5-9(6-8-10)13-11-3-1-2-4-12(11)14(18)17-16-13/h5-8,11-12H,1-4H2,(H,17,18)/t11-,12+/m1/s1. The highest BCUT2D eigenvalue weighted by molar-refractivity contribution is 6.30. The number of benzene rings is 1. The molecular formula is C14H15ClN2O. The Morgan fingerprint density at radius 3 is 2.50 bits per heavy atom. The van der Waals surface area contributed by atoms with Crippen LogP contribution in [-0.4, -0.2) is 11.6 Å². The molecule has 1 amide bonds. The first-order valence-corrected chi connectivity index (χ1v) is 6.77. The summed E-state index contributed by atoms with van der Waals surface area (Å²) in [5.41, 5.74) is 4.74. The largest absolute Gasteiger partial charge is 0.273 e. The molecule has 0 radical (unpaired) electrons. The zero-order valence-corrected chi connectivity index (χ0v) is 10.8. The summed E-state index contributed by atoms with van der Waals surface area (Å²) < 4.78 is 0. The van der Waals surface area contributed by atoms with Crippen molar-refractivity contribution in [3.63, 3.8) is 0 Å². The van der Waals surface area contributed by atoms with Crippen molar-refractivity contribution >= 4 is 23.2 Å². The Hall–Kier alpha value is -1.35. The van der Waals surface area contributed by atoms with E-state index in [0.29, 0.717) is 0 Å². The average molecular weight is 263 g/mol. The van der Waals surface area contributed by atoms with Gasteiger partial charge in [-0.1, -0.05) is 36.6 Å². The Bertz CT molecular complexity index is 495. The lowest BCUT2D eigenvalue weighted by Crippen LogP contribution is -2.43. The highest BCUT2D eigenvalue weighted by Gasteiger charge is 2.37. The molecule has 18 heavy (non-hydrogen) atoms. The molecule has 3 rings (SSSR count). The highest BCUT2D eigenvalue weighted by atomic mass is 35.5. The second-order valence-corrected chi connectivity index (χ2v) is 5.41. The van der Waals surface area contributed by atoms with Gasteiger partial charge < -0.3 is 0 Å². The van der Waals surface area contributed by atoms with Crippen molar-refractivity contribution in [3.05, 3.63) is 34.9 Å². The van der Waals surface area contributed by atoms with Crippen LogP contribution in [-0.2, 0) is 4.79 Å². The molecule has 0 spiro atoms. The predicted octanol–water partition coefficient (Wildman–Crippen LogP) is 2.98. The molecule has 3 nitrogen and oxygen atoms in total. The molecule has 1 N–H and O–H groups in total. The molecule has 1 aliphatic heterocycles. The van der Waals surface area contributed by atoms with E-state index in [-0.39, 0.29) is 17.7 Å². The van der Waals surface area contributed by atoms with Crippen molar-refractivity contribution in [3.8, 4) is 0 Å². The van der Waals surface area contributed by atoms with Gasteiger partial charge in [-0.15, -0.1) is 0 Å². The SMILES string of the molecule is O=C1NN=C(c2ccc(Cl)cc2)[C@@H]2CCCC[C@H]12. The van der Waals surface area contributed by atoms with E-state index in [1.807, 2.05) is 24.3 Å². The molecule has 1 fully saturated rings. The van der Waals surface area contributed by atoms with Crippen LogP contribution in [0, 0.1) is 11.8 Å². The third-order valence-electron chi connectivity index (χ3n) is 3.88. The zero-order chi connectivity index (χ0) is 12.5. The van der Waals surface area contributed by atoms with Crippen LogP contribution in [0.25, 0.3) is 0 Å². The van der Waals surface area contributed by atoms with Gasteiger partial charge in [0.15, 0.2) is 0 Å². The first kappa shape index (κ1) is 11.7. The van der Waals surface area contributed by atoms with E-state index in [4.69, 9.17) is 11.6 Å². The number of amides is 1. The number of hydrogen-bond donors (Lipinski definition) is 1. The number of hydrazone groups is 1. The van der Waals surface area contributed by atoms with Crippen LogP contribution < -0.4 is 5.43 Å². The second-order valence-electron chi connectivity index (χ2n) is 4.98. The first-order chi connectivity index (χ1) is 8.75. The Morgan fingerprint density at radius 2 is 1.78 bits per heavy atom. The Balaban J connectivity index is 1.95. The maximum absolute atomic E-state index is 11.8. The fourth-order valence-corrected chi connectivity index (χ4v) is 3.08. The number of carbonyl (C=O) groups excluding carboxylic acids is 1. The van der Waals surface area contributed by atoms with E-state index >= 15 is 0 Å². The number of rotatable bonds is 1. The third-order valence-corrected chi connectivity index (χ3v) is 4.13. The van der Waals surface area contributed by atoms with Crippen molar-refractivity contribution in [1.29, 1.82) is 0 Å². The molecule has 0 bridgehead atoms. The summed E-state index contributed by atoms with van der Waals surface area (Å²) in [7, 11) is 0. The lowest BCUT2D eigenvalue weighted by atomic mass is 9.74. The summed E-state index contributed by atoms with van der Waals surface area (Å²) in [6.07, 6.45) is 4.35. The minimum atomic E-state index is 0.0809. The van der Waals surface area contributed by atoms with E-state index in [1.165, 1.54) is 6.42 Å². The van der Waals surface area contributed by atoms with Crippen molar-refractivity contribution in [2.24, 2.45) is 16.9 Å². The van der Waals surface area contributed by atoms with E-state index in [9.17, 15) is 4.79 Å². The number of nitrogens with one attached hydrogen (secondary N) is 1. The second kappa shape index (κ2) is 4.73. The number of halogens is 1. The summed E-state index contributed by atoms with van der Waals surface area (Å²) in [5, 5.41) is 4.99. The minimum absolute atomic E-state index is 0.0809. The molecule has 1 aliphatic carbocycles. The Kier molecular flexibility index (Phi) is 3.08. The molecule has 2 atom stereocenters. The zero-order valence-electron chi connectivity index (χ0n) is 10.0. The van der Waals surface area contributed by atoms with Gasteiger partial charge in [0.05, 0.1) is 5.71 Å². The van der Waals surface area contributed by atoms with Crippen LogP contribution in [0.5, 0.6) is 0 Å². The van der Waals surface area contributed by atoms with Gasteiger partial charge in [-0.05, 0) is 30.5 Å². The predicted molar refractivity (Wildman–Crippen MR) is 71.6 cm³/mol. The lowest BCUT2D eigenvalue weighted by Gasteiger charge is -2.34. The van der Waals surface area contributed by atoms with Gasteiger partial charge in [-0.2, -0.15) is 5.10 Å². The van der Waals surface area contributed by atoms with Gasteiger partial charge >= 0.3 is 0 Å². The number of nitrogens with zero attached hydrogens (tertiary/aromatic N) is 1. The molecule has 1 aromatic rings. The van der Waals surface area contributed by atoms with E-state index < -0.39 is 0 Å². The molecule has 94 valence electrons. The van der Waals surface area contributed by atoms with Crippen molar-refractivity contribution in [2.75, 3.05) is 0 Å². The summed E-state index contributed by atoms with van der Waals surface area (Å²) in [5.74, 6) is 0.452. The van der Waals surface area contributed by atoms with Gasteiger partial charge in [0.1, 0.15) is 0 Å². The van der Waals surface area contributed by atoms with E-state index in [0.717, 1.165) is 35.6 Å². The maximum Gasteiger partial charge on any atom is 0.243 e. The summed E-state index contributed by atoms with van der Waals surface area (Å²) >= 11 is 5.90. The Morgan fingerprint density at radius 1 is 1.11 bits per heavy atom. The summed E-state index contributed by atoms with van der Waals surface area (Å²) in [6, 6.07) is 7.69. The molecule has 1 heterocycles. The van der Waals surface area contributed by atoms with Gasteiger partial charge in [0, 0.05) is 16.9 Å². The molecule has 0 saturated heterocycles.